The second-order valence-electron chi connectivity index (χ2n) is 6.04. The average molecular weight is 516 g/mol. The topological polar surface area (TPSA) is 67.1 Å². The first kappa shape index (κ1) is 23.7. The van der Waals surface area contributed by atoms with E-state index in [9.17, 15) is 13.2 Å². The summed E-state index contributed by atoms with van der Waals surface area (Å²) in [4.78, 5) is 8.77. The van der Waals surface area contributed by atoms with Crippen LogP contribution in [0.5, 0.6) is 0 Å². The summed E-state index contributed by atoms with van der Waals surface area (Å²) in [5.41, 5.74) is 0.161. The standard InChI is InChI=1S/C16H23F3N6S.HI/c1-5-20-15(22-7-13-23-12(9-26-13)10(2)3)21-6-11-8-25(4)24-14(11)16(17,18)19;/h8-10H,5-7H2,1-4H3,(H2,20,21,22);1H. The number of aromatic nitrogens is 3. The van der Waals surface area contributed by atoms with Crippen LogP contribution in [-0.4, -0.2) is 27.3 Å². The van der Waals surface area contributed by atoms with Crippen LogP contribution in [0.15, 0.2) is 16.6 Å². The van der Waals surface area contributed by atoms with Crippen molar-refractivity contribution in [2.75, 3.05) is 6.54 Å². The van der Waals surface area contributed by atoms with Gasteiger partial charge in [0.05, 0.1) is 18.8 Å². The highest BCUT2D eigenvalue weighted by Crippen LogP contribution is 2.30. The van der Waals surface area contributed by atoms with Crippen LogP contribution in [-0.2, 0) is 26.3 Å². The summed E-state index contributed by atoms with van der Waals surface area (Å²) >= 11 is 1.54. The molecule has 2 heterocycles. The fraction of sp³-hybridized carbons (Fsp3) is 0.562. The molecule has 2 N–H and O–H groups in total. The van der Waals surface area contributed by atoms with E-state index >= 15 is 0 Å². The molecule has 0 aromatic carbocycles. The first-order valence-electron chi connectivity index (χ1n) is 8.26. The predicted octanol–water partition coefficient (Wildman–Crippen LogP) is 3.89. The van der Waals surface area contributed by atoms with Crippen molar-refractivity contribution >= 4 is 41.3 Å². The second kappa shape index (κ2) is 10.2. The van der Waals surface area contributed by atoms with Gasteiger partial charge in [-0.05, 0) is 12.8 Å². The van der Waals surface area contributed by atoms with Crippen LogP contribution >= 0.6 is 35.3 Å². The van der Waals surface area contributed by atoms with E-state index in [0.717, 1.165) is 15.4 Å². The predicted molar refractivity (Wildman–Crippen MR) is 111 cm³/mol. The van der Waals surface area contributed by atoms with Gasteiger partial charge >= 0.3 is 6.18 Å². The van der Waals surface area contributed by atoms with Crippen molar-refractivity contribution in [2.24, 2.45) is 12.0 Å². The van der Waals surface area contributed by atoms with E-state index in [1.807, 2.05) is 12.3 Å². The average Bonchev–Trinajstić information content (AvgIpc) is 3.16. The number of nitrogens with one attached hydrogen (secondary N) is 2. The first-order chi connectivity index (χ1) is 12.2. The van der Waals surface area contributed by atoms with E-state index in [1.165, 1.54) is 13.2 Å². The van der Waals surface area contributed by atoms with Gasteiger partial charge in [-0.3, -0.25) is 4.68 Å². The van der Waals surface area contributed by atoms with E-state index in [2.05, 4.69) is 39.6 Å². The molecule has 0 aliphatic rings. The largest absolute Gasteiger partial charge is 0.435 e. The zero-order valence-electron chi connectivity index (χ0n) is 15.6. The molecule has 0 radical (unpaired) electrons. The zero-order valence-corrected chi connectivity index (χ0v) is 18.7. The van der Waals surface area contributed by atoms with Gasteiger partial charge in [0.25, 0.3) is 0 Å². The molecule has 27 heavy (non-hydrogen) atoms. The van der Waals surface area contributed by atoms with Gasteiger partial charge in [-0.15, -0.1) is 35.3 Å². The molecule has 0 fully saturated rings. The van der Waals surface area contributed by atoms with Crippen LogP contribution in [0.1, 0.15) is 48.6 Å². The summed E-state index contributed by atoms with van der Waals surface area (Å²) in [6, 6.07) is 0. The van der Waals surface area contributed by atoms with Gasteiger partial charge < -0.3 is 10.6 Å². The number of aryl methyl sites for hydroxylation is 1. The number of guanidine groups is 1. The molecular weight excluding hydrogens is 492 g/mol. The lowest BCUT2D eigenvalue weighted by Gasteiger charge is -2.10. The van der Waals surface area contributed by atoms with Crippen molar-refractivity contribution in [3.8, 4) is 0 Å². The van der Waals surface area contributed by atoms with E-state index in [-0.39, 0.29) is 36.1 Å². The molecular formula is C16H24F3IN6S. The van der Waals surface area contributed by atoms with Crippen LogP contribution in [0.2, 0.25) is 0 Å². The van der Waals surface area contributed by atoms with E-state index in [4.69, 9.17) is 0 Å². The van der Waals surface area contributed by atoms with Crippen molar-refractivity contribution in [3.63, 3.8) is 0 Å². The van der Waals surface area contributed by atoms with Gasteiger partial charge in [-0.2, -0.15) is 18.3 Å². The molecule has 6 nitrogen and oxygen atoms in total. The third-order valence-electron chi connectivity index (χ3n) is 3.49. The van der Waals surface area contributed by atoms with Gasteiger partial charge in [0, 0.05) is 30.7 Å². The molecule has 0 unspecified atom stereocenters. The molecule has 0 atom stereocenters. The van der Waals surface area contributed by atoms with Crippen LogP contribution in [0.25, 0.3) is 0 Å². The molecule has 0 aliphatic heterocycles. The quantitative estimate of drug-likeness (QED) is 0.348. The van der Waals surface area contributed by atoms with Gasteiger partial charge in [-0.25, -0.2) is 9.98 Å². The van der Waals surface area contributed by atoms with Gasteiger partial charge in [0.15, 0.2) is 11.7 Å². The minimum absolute atomic E-state index is 0. The van der Waals surface area contributed by atoms with Crippen molar-refractivity contribution in [1.82, 2.24) is 25.4 Å². The monoisotopic (exact) mass is 516 g/mol. The number of hydrogen-bond acceptors (Lipinski definition) is 4. The van der Waals surface area contributed by atoms with Crippen LogP contribution in [0.3, 0.4) is 0 Å². The Hall–Kier alpha value is -1.37. The maximum atomic E-state index is 13.0. The summed E-state index contributed by atoms with van der Waals surface area (Å²) in [5, 5.41) is 12.5. The number of aliphatic imine (C=N–C) groups is 1. The third-order valence-corrected chi connectivity index (χ3v) is 4.36. The van der Waals surface area contributed by atoms with E-state index in [1.54, 1.807) is 11.3 Å². The summed E-state index contributed by atoms with van der Waals surface area (Å²) in [5.74, 6) is 0.791. The number of rotatable bonds is 6. The molecule has 2 aromatic heterocycles. The summed E-state index contributed by atoms with van der Waals surface area (Å²) in [6.07, 6.45) is -3.16. The fourth-order valence-electron chi connectivity index (χ4n) is 2.23. The van der Waals surface area contributed by atoms with Crippen LogP contribution in [0, 0.1) is 0 Å². The Morgan fingerprint density at radius 1 is 1.33 bits per heavy atom. The van der Waals surface area contributed by atoms with Crippen molar-refractivity contribution in [3.05, 3.63) is 33.5 Å². The highest BCUT2D eigenvalue weighted by Gasteiger charge is 2.36. The number of thiazole rings is 1. The smallest absolute Gasteiger partial charge is 0.357 e. The van der Waals surface area contributed by atoms with E-state index in [0.29, 0.717) is 25.0 Å². The summed E-state index contributed by atoms with van der Waals surface area (Å²) < 4.78 is 40.2. The Bertz CT molecular complexity index is 754. The lowest BCUT2D eigenvalue weighted by molar-refractivity contribution is -0.142. The Labute approximate surface area is 177 Å². The summed E-state index contributed by atoms with van der Waals surface area (Å²) in [7, 11) is 1.46. The summed E-state index contributed by atoms with van der Waals surface area (Å²) in [6.45, 7) is 6.98. The molecule has 2 aromatic rings. The Balaban J connectivity index is 0.00000364. The molecule has 11 heteroatoms. The third kappa shape index (κ3) is 6.94. The van der Waals surface area contributed by atoms with Crippen molar-refractivity contribution < 1.29 is 13.2 Å². The maximum Gasteiger partial charge on any atom is 0.435 e. The van der Waals surface area contributed by atoms with Crippen molar-refractivity contribution in [2.45, 2.75) is 46.0 Å². The number of nitrogens with zero attached hydrogens (tertiary/aromatic N) is 4. The lowest BCUT2D eigenvalue weighted by atomic mass is 10.2. The molecule has 0 bridgehead atoms. The fourth-order valence-corrected chi connectivity index (χ4v) is 3.12. The normalized spacial score (nSPS) is 12.2. The Morgan fingerprint density at radius 2 is 2.04 bits per heavy atom. The van der Waals surface area contributed by atoms with Gasteiger partial charge in [0.2, 0.25) is 0 Å². The molecule has 0 amide bonds. The number of hydrogen-bond donors (Lipinski definition) is 2. The first-order valence-corrected chi connectivity index (χ1v) is 9.14. The molecule has 152 valence electrons. The molecule has 0 spiro atoms. The van der Waals surface area contributed by atoms with E-state index < -0.39 is 11.9 Å². The maximum absolute atomic E-state index is 13.0. The molecule has 2 rings (SSSR count). The molecule has 0 aliphatic carbocycles. The lowest BCUT2D eigenvalue weighted by Crippen LogP contribution is -2.36. The minimum Gasteiger partial charge on any atom is -0.357 e. The number of halogens is 4. The van der Waals surface area contributed by atoms with Crippen LogP contribution < -0.4 is 10.6 Å². The molecule has 0 saturated carbocycles. The zero-order chi connectivity index (χ0) is 19.3. The Morgan fingerprint density at radius 3 is 2.59 bits per heavy atom. The van der Waals surface area contributed by atoms with Gasteiger partial charge in [-0.1, -0.05) is 13.8 Å². The minimum atomic E-state index is -4.49. The van der Waals surface area contributed by atoms with Crippen molar-refractivity contribution in [1.29, 1.82) is 0 Å². The highest BCUT2D eigenvalue weighted by molar-refractivity contribution is 14.0. The van der Waals surface area contributed by atoms with Crippen LogP contribution in [0.4, 0.5) is 13.2 Å². The number of alkyl halides is 3. The molecule has 0 saturated heterocycles. The van der Waals surface area contributed by atoms with Gasteiger partial charge in [0.1, 0.15) is 5.01 Å². The highest BCUT2D eigenvalue weighted by atomic mass is 127. The second-order valence-corrected chi connectivity index (χ2v) is 6.99. The Kier molecular flexibility index (Phi) is 8.99. The SMILES string of the molecule is CCNC(=NCc1cn(C)nc1C(F)(F)F)NCc1nc(C(C)C)cs1.I.